The van der Waals surface area contributed by atoms with E-state index in [-0.39, 0.29) is 0 Å². The first kappa shape index (κ1) is 20.5. The fourth-order valence-electron chi connectivity index (χ4n) is 3.85. The van der Waals surface area contributed by atoms with Crippen LogP contribution in [-0.2, 0) is 17.7 Å². The Labute approximate surface area is 182 Å². The van der Waals surface area contributed by atoms with E-state index in [2.05, 4.69) is 81.5 Å². The van der Waals surface area contributed by atoms with Gasteiger partial charge in [0, 0.05) is 30.2 Å². The third-order valence-electron chi connectivity index (χ3n) is 5.41. The fraction of sp³-hybridized carbons (Fsp3) is 0.192. The average Bonchev–Trinajstić information content (AvgIpc) is 3.16. The maximum atomic E-state index is 11.4. The number of carbonyl (C=O) groups is 1. The maximum Gasteiger partial charge on any atom is 0.406 e. The molecule has 4 aromatic rings. The van der Waals surface area contributed by atoms with E-state index >= 15 is 0 Å². The van der Waals surface area contributed by atoms with Gasteiger partial charge in [0.15, 0.2) is 0 Å². The highest BCUT2D eigenvalue weighted by atomic mass is 16.5. The van der Waals surface area contributed by atoms with E-state index < -0.39 is 6.09 Å². The second kappa shape index (κ2) is 9.39. The average molecular weight is 415 g/mol. The van der Waals surface area contributed by atoms with Crippen LogP contribution < -0.4 is 10.1 Å². The van der Waals surface area contributed by atoms with Gasteiger partial charge in [0.1, 0.15) is 5.75 Å². The van der Waals surface area contributed by atoms with E-state index in [4.69, 9.17) is 4.74 Å². The Hall–Kier alpha value is -3.73. The van der Waals surface area contributed by atoms with Crippen molar-refractivity contribution in [2.45, 2.75) is 13.0 Å². The molecule has 158 valence electrons. The van der Waals surface area contributed by atoms with Crippen molar-refractivity contribution in [3.63, 3.8) is 0 Å². The molecular weight excluding hydrogens is 388 g/mol. The number of alkyl carbamates (subject to hydrolysis) is 1. The molecule has 0 aliphatic heterocycles. The van der Waals surface area contributed by atoms with E-state index in [1.54, 1.807) is 7.11 Å². The minimum atomic E-state index is -0.418. The molecule has 1 amide bonds. The molecule has 0 spiro atoms. The highest BCUT2D eigenvalue weighted by Gasteiger charge is 2.11. The van der Waals surface area contributed by atoms with E-state index in [9.17, 15) is 4.79 Å². The second-order valence-corrected chi connectivity index (χ2v) is 7.40. The molecule has 0 bridgehead atoms. The lowest BCUT2D eigenvalue weighted by Gasteiger charge is -2.09. The van der Waals surface area contributed by atoms with Gasteiger partial charge in [-0.1, -0.05) is 48.5 Å². The molecule has 0 unspecified atom stereocenters. The summed E-state index contributed by atoms with van der Waals surface area (Å²) < 4.78 is 12.4. The normalized spacial score (nSPS) is 10.8. The van der Waals surface area contributed by atoms with Gasteiger partial charge in [-0.05, 0) is 52.9 Å². The Bertz CT molecular complexity index is 1180. The molecular formula is C26H26N2O3. The number of aromatic nitrogens is 1. The van der Waals surface area contributed by atoms with Crippen LogP contribution in [0.1, 0.15) is 11.1 Å². The molecule has 0 atom stereocenters. The van der Waals surface area contributed by atoms with E-state index in [1.165, 1.54) is 23.8 Å². The van der Waals surface area contributed by atoms with Gasteiger partial charge in [0.2, 0.25) is 0 Å². The molecule has 5 nitrogen and oxygen atoms in total. The third-order valence-corrected chi connectivity index (χ3v) is 5.41. The van der Waals surface area contributed by atoms with Crippen molar-refractivity contribution in [1.29, 1.82) is 0 Å². The van der Waals surface area contributed by atoms with Gasteiger partial charge >= 0.3 is 6.09 Å². The zero-order valence-electron chi connectivity index (χ0n) is 17.8. The van der Waals surface area contributed by atoms with Gasteiger partial charge in [0.25, 0.3) is 0 Å². The first-order valence-corrected chi connectivity index (χ1v) is 10.3. The molecule has 1 aromatic heterocycles. The topological polar surface area (TPSA) is 52.5 Å². The van der Waals surface area contributed by atoms with Gasteiger partial charge in [-0.3, -0.25) is 0 Å². The number of hydrogen-bond donors (Lipinski definition) is 1. The van der Waals surface area contributed by atoms with Crippen molar-refractivity contribution in [2.75, 3.05) is 20.8 Å². The summed E-state index contributed by atoms with van der Waals surface area (Å²) in [5.74, 6) is 0.818. The first-order chi connectivity index (χ1) is 15.2. The predicted molar refractivity (Wildman–Crippen MR) is 124 cm³/mol. The minimum absolute atomic E-state index is 0.418. The number of methoxy groups -OCH3 is 2. The Morgan fingerprint density at radius 3 is 2.52 bits per heavy atom. The summed E-state index contributed by atoms with van der Waals surface area (Å²) >= 11 is 0. The van der Waals surface area contributed by atoms with Crippen LogP contribution in [-0.4, -0.2) is 31.4 Å². The highest BCUT2D eigenvalue weighted by Crippen LogP contribution is 2.28. The number of amides is 1. The molecule has 1 heterocycles. The van der Waals surface area contributed by atoms with E-state index in [0.29, 0.717) is 13.0 Å². The molecule has 4 rings (SSSR count). The lowest BCUT2D eigenvalue weighted by atomic mass is 10.0. The minimum Gasteiger partial charge on any atom is -0.497 e. The van der Waals surface area contributed by atoms with Crippen molar-refractivity contribution >= 4 is 17.0 Å². The van der Waals surface area contributed by atoms with Gasteiger partial charge in [-0.25, -0.2) is 4.79 Å². The van der Waals surface area contributed by atoms with Crippen LogP contribution in [0.15, 0.2) is 79.0 Å². The molecule has 0 aliphatic rings. The number of ether oxygens (including phenoxy) is 2. The predicted octanol–water partition coefficient (Wildman–Crippen LogP) is 5.26. The molecule has 1 N–H and O–H groups in total. The Morgan fingerprint density at radius 1 is 0.935 bits per heavy atom. The largest absolute Gasteiger partial charge is 0.497 e. The maximum absolute atomic E-state index is 11.4. The summed E-state index contributed by atoms with van der Waals surface area (Å²) in [5.41, 5.74) is 5.94. The summed E-state index contributed by atoms with van der Waals surface area (Å²) in [6.07, 6.45) is 2.45. The molecule has 0 aliphatic carbocycles. The fourth-order valence-corrected chi connectivity index (χ4v) is 3.85. The molecule has 0 radical (unpaired) electrons. The SMILES string of the molecule is COC(=O)NCCc1cn(Cc2cccc(-c3ccccc3)c2)c2ccc(OC)cc12. The Morgan fingerprint density at radius 2 is 1.74 bits per heavy atom. The van der Waals surface area contributed by atoms with Crippen molar-refractivity contribution < 1.29 is 14.3 Å². The van der Waals surface area contributed by atoms with Gasteiger partial charge in [-0.15, -0.1) is 0 Å². The van der Waals surface area contributed by atoms with Crippen molar-refractivity contribution in [2.24, 2.45) is 0 Å². The van der Waals surface area contributed by atoms with Crippen molar-refractivity contribution in [1.82, 2.24) is 9.88 Å². The smallest absolute Gasteiger partial charge is 0.406 e. The van der Waals surface area contributed by atoms with Crippen LogP contribution in [0.4, 0.5) is 4.79 Å². The number of rotatable bonds is 7. The first-order valence-electron chi connectivity index (χ1n) is 10.3. The second-order valence-electron chi connectivity index (χ2n) is 7.40. The van der Waals surface area contributed by atoms with Crippen molar-refractivity contribution in [3.05, 3.63) is 90.1 Å². The third kappa shape index (κ3) is 4.72. The van der Waals surface area contributed by atoms with Crippen LogP contribution in [0, 0.1) is 0 Å². The monoisotopic (exact) mass is 414 g/mol. The number of nitrogens with one attached hydrogen (secondary N) is 1. The number of fused-ring (bicyclic) bond motifs is 1. The van der Waals surface area contributed by atoms with E-state index in [0.717, 1.165) is 28.8 Å². The molecule has 0 saturated carbocycles. The zero-order valence-corrected chi connectivity index (χ0v) is 17.8. The lowest BCUT2D eigenvalue weighted by Crippen LogP contribution is -2.25. The van der Waals surface area contributed by atoms with Gasteiger partial charge in [0.05, 0.1) is 14.2 Å². The Kier molecular flexibility index (Phi) is 6.22. The van der Waals surface area contributed by atoms with Gasteiger partial charge < -0.3 is 19.4 Å². The summed E-state index contributed by atoms with van der Waals surface area (Å²) in [6.45, 7) is 1.26. The summed E-state index contributed by atoms with van der Waals surface area (Å²) in [7, 11) is 3.04. The van der Waals surface area contributed by atoms with Crippen LogP contribution in [0.5, 0.6) is 5.75 Å². The Balaban J connectivity index is 1.64. The molecule has 3 aromatic carbocycles. The quantitative estimate of drug-likeness (QED) is 0.449. The number of hydrogen-bond acceptors (Lipinski definition) is 3. The molecule has 0 saturated heterocycles. The lowest BCUT2D eigenvalue weighted by molar-refractivity contribution is 0.171. The summed E-state index contributed by atoms with van der Waals surface area (Å²) in [6, 6.07) is 25.2. The highest BCUT2D eigenvalue weighted by molar-refractivity contribution is 5.85. The van der Waals surface area contributed by atoms with Crippen LogP contribution in [0.3, 0.4) is 0 Å². The molecule has 0 fully saturated rings. The standard InChI is InChI=1S/C26H26N2O3/c1-30-23-11-12-25-24(16-23)22(13-14-27-26(29)31-2)18-28(25)17-19-7-6-10-21(15-19)20-8-4-3-5-9-20/h3-12,15-16,18H,13-14,17H2,1-2H3,(H,27,29). The van der Waals surface area contributed by atoms with Crippen LogP contribution in [0.2, 0.25) is 0 Å². The number of benzene rings is 3. The van der Waals surface area contributed by atoms with Crippen LogP contribution in [0.25, 0.3) is 22.0 Å². The summed E-state index contributed by atoms with van der Waals surface area (Å²) in [5, 5.41) is 3.89. The van der Waals surface area contributed by atoms with E-state index in [1.807, 2.05) is 12.1 Å². The van der Waals surface area contributed by atoms with Gasteiger partial charge in [-0.2, -0.15) is 0 Å². The summed E-state index contributed by atoms with van der Waals surface area (Å²) in [4.78, 5) is 11.4. The molecule has 5 heteroatoms. The number of carbonyl (C=O) groups excluding carboxylic acids is 1. The van der Waals surface area contributed by atoms with Crippen molar-refractivity contribution in [3.8, 4) is 16.9 Å². The number of nitrogens with zero attached hydrogens (tertiary/aromatic N) is 1. The zero-order chi connectivity index (χ0) is 21.6. The molecule has 31 heavy (non-hydrogen) atoms. The van der Waals surface area contributed by atoms with Crippen LogP contribution >= 0.6 is 0 Å².